The molecular weight excluding hydrogens is 359 g/mol. The molecule has 0 saturated heterocycles. The zero-order chi connectivity index (χ0) is 18.9. The third kappa shape index (κ3) is 3.52. The Morgan fingerprint density at radius 3 is 2.69 bits per heavy atom. The van der Waals surface area contributed by atoms with Gasteiger partial charge in [0.1, 0.15) is 5.82 Å². The predicted molar refractivity (Wildman–Crippen MR) is 96.3 cm³/mol. The summed E-state index contributed by atoms with van der Waals surface area (Å²) in [5.74, 6) is -0.834. The molecule has 1 heterocycles. The molecule has 0 spiro atoms. The molecular formula is C17H17FN4O3S. The molecule has 0 aliphatic rings. The first-order valence-electron chi connectivity index (χ1n) is 7.72. The molecule has 0 aliphatic heterocycles. The molecule has 0 aliphatic carbocycles. The lowest BCUT2D eigenvalue weighted by Gasteiger charge is -2.11. The number of carbonyl (C=O) groups is 1. The summed E-state index contributed by atoms with van der Waals surface area (Å²) in [6, 6.07) is 8.80. The van der Waals surface area contributed by atoms with E-state index in [0.717, 1.165) is 12.3 Å². The van der Waals surface area contributed by atoms with Crippen LogP contribution in [0.25, 0.3) is 10.9 Å². The van der Waals surface area contributed by atoms with E-state index >= 15 is 0 Å². The Balaban J connectivity index is 1.91. The van der Waals surface area contributed by atoms with Crippen molar-refractivity contribution in [2.24, 2.45) is 0 Å². The molecule has 0 fully saturated rings. The molecule has 3 rings (SSSR count). The number of H-pyrrole nitrogens is 1. The van der Waals surface area contributed by atoms with E-state index in [4.69, 9.17) is 0 Å². The highest BCUT2D eigenvalue weighted by molar-refractivity contribution is 7.90. The summed E-state index contributed by atoms with van der Waals surface area (Å²) in [4.78, 5) is 11.9. The molecule has 0 saturated carbocycles. The van der Waals surface area contributed by atoms with Gasteiger partial charge in [-0.1, -0.05) is 0 Å². The van der Waals surface area contributed by atoms with Gasteiger partial charge in [-0.25, -0.2) is 12.8 Å². The maximum atomic E-state index is 13.5. The molecule has 2 aromatic carbocycles. The molecule has 0 bridgehead atoms. The standard InChI is InChI=1S/C17H17FN4O3S/c1-19-17(23)16-13-8-12(4-5-14(13)21-22-16)20-9-10-7-11(18)3-6-15(10)26(2,24)25/h3-8,20H,9H2,1-2H3,(H,19,23)(H,21,22). The lowest BCUT2D eigenvalue weighted by molar-refractivity contribution is 0.0959. The van der Waals surface area contributed by atoms with Gasteiger partial charge in [-0.05, 0) is 42.0 Å². The minimum Gasteiger partial charge on any atom is -0.381 e. The zero-order valence-corrected chi connectivity index (χ0v) is 14.9. The second-order valence-corrected chi connectivity index (χ2v) is 7.77. The van der Waals surface area contributed by atoms with Crippen molar-refractivity contribution >= 4 is 32.3 Å². The van der Waals surface area contributed by atoms with E-state index in [1.807, 2.05) is 0 Å². The van der Waals surface area contributed by atoms with E-state index in [2.05, 4.69) is 20.8 Å². The first-order valence-corrected chi connectivity index (χ1v) is 9.61. The molecule has 0 radical (unpaired) electrons. The quantitative estimate of drug-likeness (QED) is 0.592. The Hall–Kier alpha value is -2.94. The van der Waals surface area contributed by atoms with E-state index in [1.165, 1.54) is 19.2 Å². The minimum absolute atomic E-state index is 0.0711. The summed E-state index contributed by atoms with van der Waals surface area (Å²) < 4.78 is 37.3. The van der Waals surface area contributed by atoms with Crippen LogP contribution in [-0.4, -0.2) is 37.8 Å². The Bertz CT molecular complexity index is 1090. The smallest absolute Gasteiger partial charge is 0.272 e. The summed E-state index contributed by atoms with van der Waals surface area (Å²) in [6.07, 6.45) is 1.08. The first kappa shape index (κ1) is 17.9. The fourth-order valence-corrected chi connectivity index (χ4v) is 3.58. The fraction of sp³-hybridized carbons (Fsp3) is 0.176. The van der Waals surface area contributed by atoms with E-state index in [1.54, 1.807) is 18.2 Å². The summed E-state index contributed by atoms with van der Waals surface area (Å²) in [5, 5.41) is 13.0. The van der Waals surface area contributed by atoms with Crippen molar-refractivity contribution in [2.45, 2.75) is 11.4 Å². The van der Waals surface area contributed by atoms with Crippen molar-refractivity contribution in [1.82, 2.24) is 15.5 Å². The number of hydrogen-bond acceptors (Lipinski definition) is 5. The highest BCUT2D eigenvalue weighted by Gasteiger charge is 2.15. The maximum absolute atomic E-state index is 13.5. The van der Waals surface area contributed by atoms with Crippen LogP contribution in [0.2, 0.25) is 0 Å². The Kier molecular flexibility index (Phi) is 4.64. The van der Waals surface area contributed by atoms with Gasteiger partial charge in [0.15, 0.2) is 15.5 Å². The van der Waals surface area contributed by atoms with Crippen molar-refractivity contribution in [1.29, 1.82) is 0 Å². The molecule has 3 aromatic rings. The molecule has 26 heavy (non-hydrogen) atoms. The molecule has 7 nitrogen and oxygen atoms in total. The number of aromatic nitrogens is 2. The van der Waals surface area contributed by atoms with E-state index < -0.39 is 15.7 Å². The van der Waals surface area contributed by atoms with Crippen molar-refractivity contribution in [2.75, 3.05) is 18.6 Å². The van der Waals surface area contributed by atoms with Gasteiger partial charge in [0.2, 0.25) is 0 Å². The number of fused-ring (bicyclic) bond motifs is 1. The number of hydrogen-bond donors (Lipinski definition) is 3. The number of sulfone groups is 1. The Labute approximate surface area is 149 Å². The Morgan fingerprint density at radius 1 is 1.23 bits per heavy atom. The van der Waals surface area contributed by atoms with E-state index in [0.29, 0.717) is 22.2 Å². The van der Waals surface area contributed by atoms with Crippen LogP contribution >= 0.6 is 0 Å². The first-order chi connectivity index (χ1) is 12.3. The SMILES string of the molecule is CNC(=O)c1n[nH]c2ccc(NCc3cc(F)ccc3S(C)(=O)=O)cc12. The molecule has 3 N–H and O–H groups in total. The highest BCUT2D eigenvalue weighted by atomic mass is 32.2. The Morgan fingerprint density at radius 2 is 2.00 bits per heavy atom. The van der Waals surface area contributed by atoms with Crippen LogP contribution in [0.3, 0.4) is 0 Å². The normalized spacial score (nSPS) is 11.5. The molecule has 9 heteroatoms. The van der Waals surface area contributed by atoms with E-state index in [9.17, 15) is 17.6 Å². The van der Waals surface area contributed by atoms with Crippen molar-refractivity contribution in [3.05, 3.63) is 53.5 Å². The number of rotatable bonds is 5. The average molecular weight is 376 g/mol. The van der Waals surface area contributed by atoms with Crippen LogP contribution in [0, 0.1) is 5.82 Å². The van der Waals surface area contributed by atoms with Crippen LogP contribution in [0.4, 0.5) is 10.1 Å². The largest absolute Gasteiger partial charge is 0.381 e. The van der Waals surface area contributed by atoms with E-state index in [-0.39, 0.29) is 23.0 Å². The molecule has 1 aromatic heterocycles. The summed E-state index contributed by atoms with van der Waals surface area (Å²) in [5.41, 5.74) is 1.92. The van der Waals surface area contributed by atoms with Crippen molar-refractivity contribution < 1.29 is 17.6 Å². The van der Waals surface area contributed by atoms with Crippen LogP contribution in [0.1, 0.15) is 16.1 Å². The van der Waals surface area contributed by atoms with Crippen LogP contribution in [0.5, 0.6) is 0 Å². The lowest BCUT2D eigenvalue weighted by atomic mass is 10.1. The number of nitrogens with one attached hydrogen (secondary N) is 3. The second-order valence-electron chi connectivity index (χ2n) is 5.79. The maximum Gasteiger partial charge on any atom is 0.272 e. The number of anilines is 1. The monoisotopic (exact) mass is 376 g/mol. The number of amides is 1. The van der Waals surface area contributed by atoms with Crippen molar-refractivity contribution in [3.63, 3.8) is 0 Å². The number of benzene rings is 2. The summed E-state index contributed by atoms with van der Waals surface area (Å²) in [6.45, 7) is 0.110. The molecule has 0 atom stereocenters. The van der Waals surface area contributed by atoms with Gasteiger partial charge in [-0.2, -0.15) is 5.10 Å². The van der Waals surface area contributed by atoms with Crippen LogP contribution in [0.15, 0.2) is 41.3 Å². The number of aromatic amines is 1. The third-order valence-corrected chi connectivity index (χ3v) is 5.11. The van der Waals surface area contributed by atoms with Gasteiger partial charge in [-0.15, -0.1) is 0 Å². The third-order valence-electron chi connectivity index (χ3n) is 3.91. The van der Waals surface area contributed by atoms with Gasteiger partial charge >= 0.3 is 0 Å². The summed E-state index contributed by atoms with van der Waals surface area (Å²) in [7, 11) is -1.96. The van der Waals surface area contributed by atoms with Gasteiger partial charge in [0, 0.05) is 30.9 Å². The predicted octanol–water partition coefficient (Wildman–Crippen LogP) is 2.08. The van der Waals surface area contributed by atoms with Crippen LogP contribution in [-0.2, 0) is 16.4 Å². The zero-order valence-electron chi connectivity index (χ0n) is 14.1. The lowest BCUT2D eigenvalue weighted by Crippen LogP contribution is -2.18. The fourth-order valence-electron chi connectivity index (χ4n) is 2.66. The average Bonchev–Trinajstić information content (AvgIpc) is 3.01. The molecule has 136 valence electrons. The second kappa shape index (κ2) is 6.75. The van der Waals surface area contributed by atoms with Gasteiger partial charge < -0.3 is 10.6 Å². The number of carbonyl (C=O) groups excluding carboxylic acids is 1. The van der Waals surface area contributed by atoms with Crippen molar-refractivity contribution in [3.8, 4) is 0 Å². The molecule has 0 unspecified atom stereocenters. The summed E-state index contributed by atoms with van der Waals surface area (Å²) >= 11 is 0. The highest BCUT2D eigenvalue weighted by Crippen LogP contribution is 2.23. The number of halogens is 1. The topological polar surface area (TPSA) is 104 Å². The van der Waals surface area contributed by atoms with Gasteiger partial charge in [-0.3, -0.25) is 9.89 Å². The van der Waals surface area contributed by atoms with Gasteiger partial charge in [0.05, 0.1) is 10.4 Å². The minimum atomic E-state index is -3.48. The van der Waals surface area contributed by atoms with Crippen LogP contribution < -0.4 is 10.6 Å². The van der Waals surface area contributed by atoms with Gasteiger partial charge in [0.25, 0.3) is 5.91 Å². The molecule has 1 amide bonds. The number of nitrogens with zero attached hydrogens (tertiary/aromatic N) is 1.